The van der Waals surface area contributed by atoms with E-state index in [0.717, 1.165) is 33.3 Å². The molecule has 7 nitrogen and oxygen atoms in total. The average Bonchev–Trinajstić information content (AvgIpc) is 3.35. The molecule has 0 saturated carbocycles. The fourth-order valence-corrected chi connectivity index (χ4v) is 3.62. The van der Waals surface area contributed by atoms with Crippen molar-refractivity contribution in [1.29, 1.82) is 0 Å². The number of amides is 1. The van der Waals surface area contributed by atoms with Gasteiger partial charge in [0.25, 0.3) is 5.91 Å². The molecule has 148 valence electrons. The summed E-state index contributed by atoms with van der Waals surface area (Å²) in [6.45, 7) is 1.91. The van der Waals surface area contributed by atoms with E-state index in [9.17, 15) is 9.59 Å². The predicted octanol–water partition coefficient (Wildman–Crippen LogP) is 3.69. The topological polar surface area (TPSA) is 95.6 Å². The van der Waals surface area contributed by atoms with Gasteiger partial charge in [0.15, 0.2) is 0 Å². The predicted molar refractivity (Wildman–Crippen MR) is 116 cm³/mol. The van der Waals surface area contributed by atoms with E-state index in [1.165, 1.54) is 0 Å². The van der Waals surface area contributed by atoms with E-state index in [1.54, 1.807) is 18.5 Å². The highest BCUT2D eigenvalue weighted by molar-refractivity contribution is 5.94. The van der Waals surface area contributed by atoms with Crippen molar-refractivity contribution in [3.63, 3.8) is 0 Å². The first-order valence-electron chi connectivity index (χ1n) is 9.64. The number of para-hydroxylation sites is 2. The highest BCUT2D eigenvalue weighted by atomic mass is 16.2. The fourth-order valence-electron chi connectivity index (χ4n) is 3.62. The third kappa shape index (κ3) is 3.16. The lowest BCUT2D eigenvalue weighted by molar-refractivity contribution is 0.0940. The number of carbonyl (C=O) groups excluding carboxylic acids is 1. The largest absolute Gasteiger partial charge is 0.346 e. The van der Waals surface area contributed by atoms with Crippen LogP contribution in [0.25, 0.3) is 27.8 Å². The number of carbonyl (C=O) groups is 1. The molecular formula is C23H19N5O2. The summed E-state index contributed by atoms with van der Waals surface area (Å²) in [6.07, 6.45) is 1.78. The molecular weight excluding hydrogens is 378 g/mol. The van der Waals surface area contributed by atoms with E-state index in [-0.39, 0.29) is 17.6 Å². The first-order chi connectivity index (χ1) is 14.6. The lowest BCUT2D eigenvalue weighted by atomic mass is 10.1. The van der Waals surface area contributed by atoms with Crippen LogP contribution >= 0.6 is 0 Å². The molecule has 0 saturated heterocycles. The number of hydrogen-bond acceptors (Lipinski definition) is 3. The summed E-state index contributed by atoms with van der Waals surface area (Å²) >= 11 is 0. The normalized spacial score (nSPS) is 12.3. The zero-order valence-corrected chi connectivity index (χ0v) is 16.2. The molecule has 0 radical (unpaired) electrons. The van der Waals surface area contributed by atoms with Crippen molar-refractivity contribution >= 4 is 28.0 Å². The minimum Gasteiger partial charge on any atom is -0.346 e. The second kappa shape index (κ2) is 7.04. The molecule has 2 heterocycles. The Morgan fingerprint density at radius 3 is 2.60 bits per heavy atom. The van der Waals surface area contributed by atoms with Crippen LogP contribution in [0.1, 0.15) is 28.9 Å². The van der Waals surface area contributed by atoms with Crippen molar-refractivity contribution < 1.29 is 4.79 Å². The van der Waals surface area contributed by atoms with E-state index in [4.69, 9.17) is 0 Å². The number of aromatic nitrogens is 4. The van der Waals surface area contributed by atoms with Crippen molar-refractivity contribution in [3.05, 3.63) is 94.7 Å². The number of nitrogens with zero attached hydrogens (tertiary/aromatic N) is 2. The standard InChI is InChI=1S/C23H19N5O2/c1-14(16-8-11-18-20(12-16)27-23(30)26-18)25-22(29)15-6-9-17(10-7-15)28-13-24-19-4-2-3-5-21(19)28/h2-14H,1H3,(H,25,29)(H2,26,27,30). The van der Waals surface area contributed by atoms with Gasteiger partial charge in [0.1, 0.15) is 6.33 Å². The van der Waals surface area contributed by atoms with Crippen molar-refractivity contribution in [2.45, 2.75) is 13.0 Å². The molecule has 5 rings (SSSR count). The van der Waals surface area contributed by atoms with Crippen LogP contribution in [0.2, 0.25) is 0 Å². The molecule has 0 aliphatic carbocycles. The molecule has 3 aromatic carbocycles. The Morgan fingerprint density at radius 1 is 1.00 bits per heavy atom. The number of rotatable bonds is 4. The Labute approximate surface area is 171 Å². The SMILES string of the molecule is CC(NC(=O)c1ccc(-n2cnc3ccccc32)cc1)c1ccc2[nH]c(=O)[nH]c2c1. The Balaban J connectivity index is 1.35. The molecule has 1 amide bonds. The molecule has 5 aromatic rings. The first kappa shape index (κ1) is 17.9. The Kier molecular flexibility index (Phi) is 4.21. The number of benzene rings is 3. The van der Waals surface area contributed by atoms with Crippen LogP contribution < -0.4 is 11.0 Å². The first-order valence-corrected chi connectivity index (χ1v) is 9.64. The van der Waals surface area contributed by atoms with Gasteiger partial charge in [-0.1, -0.05) is 18.2 Å². The van der Waals surface area contributed by atoms with E-state index in [0.29, 0.717) is 5.56 Å². The zero-order chi connectivity index (χ0) is 20.7. The molecule has 0 aliphatic heterocycles. The van der Waals surface area contributed by atoms with E-state index in [2.05, 4.69) is 20.3 Å². The monoisotopic (exact) mass is 397 g/mol. The van der Waals surface area contributed by atoms with Gasteiger partial charge in [0, 0.05) is 11.3 Å². The molecule has 0 aliphatic rings. The van der Waals surface area contributed by atoms with Gasteiger partial charge < -0.3 is 15.3 Å². The second-order valence-corrected chi connectivity index (χ2v) is 7.23. The molecule has 3 N–H and O–H groups in total. The molecule has 30 heavy (non-hydrogen) atoms. The summed E-state index contributed by atoms with van der Waals surface area (Å²) in [7, 11) is 0. The highest BCUT2D eigenvalue weighted by Gasteiger charge is 2.13. The van der Waals surface area contributed by atoms with Gasteiger partial charge in [-0.2, -0.15) is 0 Å². The van der Waals surface area contributed by atoms with Gasteiger partial charge in [-0.05, 0) is 61.0 Å². The van der Waals surface area contributed by atoms with Crippen LogP contribution in [-0.2, 0) is 0 Å². The summed E-state index contributed by atoms with van der Waals surface area (Å²) in [5.74, 6) is -0.160. The van der Waals surface area contributed by atoms with Gasteiger partial charge in [-0.3, -0.25) is 9.36 Å². The minimum absolute atomic E-state index is 0.160. The van der Waals surface area contributed by atoms with E-state index >= 15 is 0 Å². The molecule has 0 fully saturated rings. The zero-order valence-electron chi connectivity index (χ0n) is 16.2. The molecule has 1 unspecified atom stereocenters. The number of aromatic amines is 2. The van der Waals surface area contributed by atoms with Crippen LogP contribution in [0, 0.1) is 0 Å². The van der Waals surface area contributed by atoms with Gasteiger partial charge >= 0.3 is 5.69 Å². The van der Waals surface area contributed by atoms with Crippen molar-refractivity contribution in [3.8, 4) is 5.69 Å². The molecule has 0 spiro atoms. The maximum Gasteiger partial charge on any atom is 0.323 e. The number of fused-ring (bicyclic) bond motifs is 2. The number of nitrogens with one attached hydrogen (secondary N) is 3. The maximum atomic E-state index is 12.7. The summed E-state index contributed by atoms with van der Waals surface area (Å²) in [6, 6.07) is 20.7. The number of H-pyrrole nitrogens is 2. The van der Waals surface area contributed by atoms with Gasteiger partial charge in [0.2, 0.25) is 0 Å². The van der Waals surface area contributed by atoms with Crippen molar-refractivity contribution in [2.24, 2.45) is 0 Å². The smallest absolute Gasteiger partial charge is 0.323 e. The Hall–Kier alpha value is -4.13. The molecule has 7 heteroatoms. The molecule has 2 aromatic heterocycles. The van der Waals surface area contributed by atoms with Gasteiger partial charge in [-0.15, -0.1) is 0 Å². The Bertz CT molecular complexity index is 1430. The quantitative estimate of drug-likeness (QED) is 0.432. The van der Waals surface area contributed by atoms with Crippen LogP contribution in [0.4, 0.5) is 0 Å². The fraction of sp³-hybridized carbons (Fsp3) is 0.0870. The van der Waals surface area contributed by atoms with E-state index < -0.39 is 0 Å². The van der Waals surface area contributed by atoms with Crippen molar-refractivity contribution in [1.82, 2.24) is 24.8 Å². The summed E-state index contributed by atoms with van der Waals surface area (Å²) in [5, 5.41) is 3.01. The highest BCUT2D eigenvalue weighted by Crippen LogP contribution is 2.20. The third-order valence-electron chi connectivity index (χ3n) is 5.25. The van der Waals surface area contributed by atoms with Gasteiger partial charge in [-0.25, -0.2) is 9.78 Å². The van der Waals surface area contributed by atoms with Crippen LogP contribution in [0.5, 0.6) is 0 Å². The number of hydrogen-bond donors (Lipinski definition) is 3. The lowest BCUT2D eigenvalue weighted by Crippen LogP contribution is -2.26. The van der Waals surface area contributed by atoms with Crippen LogP contribution in [0.3, 0.4) is 0 Å². The molecule has 0 bridgehead atoms. The summed E-state index contributed by atoms with van der Waals surface area (Å²) in [5.41, 5.74) is 5.58. The third-order valence-corrected chi connectivity index (χ3v) is 5.25. The minimum atomic E-state index is -0.246. The maximum absolute atomic E-state index is 12.7. The second-order valence-electron chi connectivity index (χ2n) is 7.23. The van der Waals surface area contributed by atoms with Crippen molar-refractivity contribution in [2.75, 3.05) is 0 Å². The lowest BCUT2D eigenvalue weighted by Gasteiger charge is -2.15. The van der Waals surface area contributed by atoms with Gasteiger partial charge in [0.05, 0.1) is 28.1 Å². The molecule has 1 atom stereocenters. The van der Waals surface area contributed by atoms with Crippen LogP contribution in [0.15, 0.2) is 77.9 Å². The number of imidazole rings is 2. The Morgan fingerprint density at radius 2 is 1.77 bits per heavy atom. The average molecular weight is 397 g/mol. The summed E-state index contributed by atoms with van der Waals surface area (Å²) < 4.78 is 1.99. The van der Waals surface area contributed by atoms with Crippen LogP contribution in [-0.4, -0.2) is 25.4 Å². The summed E-state index contributed by atoms with van der Waals surface area (Å²) in [4.78, 5) is 34.0. The van der Waals surface area contributed by atoms with E-state index in [1.807, 2.05) is 66.1 Å².